The second-order valence-corrected chi connectivity index (χ2v) is 9.39. The number of carbonyl (C=O) groups is 2. The van der Waals surface area contributed by atoms with Gasteiger partial charge in [-0.1, -0.05) is 30.3 Å². The van der Waals surface area contributed by atoms with Gasteiger partial charge < -0.3 is 21.3 Å². The van der Waals surface area contributed by atoms with Crippen LogP contribution in [0.3, 0.4) is 0 Å². The molecule has 7 N–H and O–H groups in total. The summed E-state index contributed by atoms with van der Waals surface area (Å²) in [5.74, 6) is -1.61. The van der Waals surface area contributed by atoms with Gasteiger partial charge in [-0.3, -0.25) is 14.8 Å². The second kappa shape index (κ2) is 10.9. The summed E-state index contributed by atoms with van der Waals surface area (Å²) in [7, 11) is -3.67. The van der Waals surface area contributed by atoms with E-state index in [0.717, 1.165) is 0 Å². The molecule has 0 aromatic heterocycles. The lowest BCUT2D eigenvalue weighted by atomic mass is 9.92. The number of rotatable bonds is 5. The molecule has 0 saturated heterocycles. The van der Waals surface area contributed by atoms with Gasteiger partial charge in [0.1, 0.15) is 11.6 Å². The van der Waals surface area contributed by atoms with E-state index in [1.54, 1.807) is 66.7 Å². The summed E-state index contributed by atoms with van der Waals surface area (Å²) in [5, 5.41) is 31.4. The van der Waals surface area contributed by atoms with Gasteiger partial charge in [-0.05, 0) is 65.0 Å². The third kappa shape index (κ3) is 6.90. The van der Waals surface area contributed by atoms with E-state index >= 15 is 0 Å². The van der Waals surface area contributed by atoms with Crippen molar-refractivity contribution >= 4 is 44.3 Å². The van der Waals surface area contributed by atoms with E-state index in [1.807, 2.05) is 0 Å². The highest BCUT2D eigenvalue weighted by atomic mass is 32.2. The van der Waals surface area contributed by atoms with E-state index < -0.39 is 22.0 Å². The summed E-state index contributed by atoms with van der Waals surface area (Å²) in [6.07, 6.45) is 0.715. The highest BCUT2D eigenvalue weighted by Gasteiger charge is 2.20. The zero-order valence-electron chi connectivity index (χ0n) is 19.5. The first kappa shape index (κ1) is 26.9. The van der Waals surface area contributed by atoms with E-state index in [1.165, 1.54) is 12.1 Å². The Balaban J connectivity index is 0.000000695. The van der Waals surface area contributed by atoms with Gasteiger partial charge in [-0.2, -0.15) is 8.42 Å². The molecule has 0 aliphatic carbocycles. The van der Waals surface area contributed by atoms with Crippen molar-refractivity contribution < 1.29 is 32.8 Å². The molecular weight excluding hydrogens is 498 g/mol. The van der Waals surface area contributed by atoms with Gasteiger partial charge >= 0.3 is 5.97 Å². The van der Waals surface area contributed by atoms with Gasteiger partial charge in [-0.15, -0.1) is 0 Å². The van der Waals surface area contributed by atoms with Crippen LogP contribution in [-0.2, 0) is 10.1 Å². The number of carboxylic acid groups (broad SMARTS) is 1. The summed E-state index contributed by atoms with van der Waals surface area (Å²) in [4.78, 5) is 25.1. The van der Waals surface area contributed by atoms with Crippen LogP contribution in [0.4, 0.5) is 5.69 Å². The Morgan fingerprint density at radius 2 is 1.51 bits per heavy atom. The molecule has 0 unspecified atom stereocenters. The third-order valence-electron chi connectivity index (χ3n) is 5.14. The normalized spacial score (nSPS) is 10.8. The molecule has 4 aromatic rings. The number of hydrogen-bond donors (Lipinski definition) is 6. The number of anilines is 1. The molecule has 0 aliphatic rings. The minimum Gasteiger partial charge on any atom is -0.507 e. The van der Waals surface area contributed by atoms with Crippen LogP contribution in [0, 0.1) is 5.41 Å². The predicted molar refractivity (Wildman–Crippen MR) is 141 cm³/mol. The zero-order chi connectivity index (χ0) is 27.3. The van der Waals surface area contributed by atoms with Crippen molar-refractivity contribution in [3.05, 3.63) is 95.6 Å². The highest BCUT2D eigenvalue weighted by molar-refractivity contribution is 7.85. The number of benzene rings is 4. The van der Waals surface area contributed by atoms with Crippen molar-refractivity contribution in [2.24, 2.45) is 5.73 Å². The van der Waals surface area contributed by atoms with Gasteiger partial charge in [-0.25, -0.2) is 4.79 Å². The molecule has 0 fully saturated rings. The number of amides is 1. The quantitative estimate of drug-likeness (QED) is 0.129. The first-order chi connectivity index (χ1) is 17.3. The van der Waals surface area contributed by atoms with Crippen molar-refractivity contribution in [3.8, 4) is 16.9 Å². The van der Waals surface area contributed by atoms with Gasteiger partial charge in [0.05, 0.1) is 11.8 Å². The molecule has 0 heterocycles. The average Bonchev–Trinajstić information content (AvgIpc) is 2.83. The topological polar surface area (TPSA) is 191 Å². The van der Waals surface area contributed by atoms with Crippen molar-refractivity contribution in [3.63, 3.8) is 0 Å². The van der Waals surface area contributed by atoms with Gasteiger partial charge in [0, 0.05) is 22.2 Å². The Bertz CT molecular complexity index is 1610. The number of amidine groups is 1. The molecule has 0 atom stereocenters. The number of hydrogen-bond acceptors (Lipinski definition) is 6. The van der Waals surface area contributed by atoms with Crippen LogP contribution in [0.2, 0.25) is 0 Å². The van der Waals surface area contributed by atoms with Crippen LogP contribution in [0.5, 0.6) is 5.75 Å². The number of aromatic carboxylic acids is 1. The molecule has 37 heavy (non-hydrogen) atoms. The lowest BCUT2D eigenvalue weighted by Gasteiger charge is -2.15. The molecule has 10 nitrogen and oxygen atoms in total. The largest absolute Gasteiger partial charge is 0.507 e. The fourth-order valence-electron chi connectivity index (χ4n) is 3.56. The maximum absolute atomic E-state index is 13.2. The second-order valence-electron chi connectivity index (χ2n) is 7.92. The monoisotopic (exact) mass is 521 g/mol. The van der Waals surface area contributed by atoms with Gasteiger partial charge in [0.15, 0.2) is 0 Å². The van der Waals surface area contributed by atoms with E-state index in [9.17, 15) is 28.2 Å². The standard InChI is InChI=1S/C25H19N3O4.CH4O3S/c26-23(27)14-8-10-16(11-9-14)28-24(30)21-12-15-4-3-7-22(29)19(15)13-20(21)17-5-1-2-6-18(17)25(31)32;1-5(2,3)4/h1-13,29H,(H3,26,27)(H,28,30)(H,31,32);1H3,(H,2,3,4). The summed E-state index contributed by atoms with van der Waals surface area (Å²) in [5.41, 5.74) is 7.54. The fraction of sp³-hybridized carbons (Fsp3) is 0.0385. The van der Waals surface area contributed by atoms with E-state index in [0.29, 0.717) is 39.4 Å². The van der Waals surface area contributed by atoms with Crippen molar-refractivity contribution in [1.29, 1.82) is 5.41 Å². The smallest absolute Gasteiger partial charge is 0.336 e. The molecule has 0 aliphatic heterocycles. The van der Waals surface area contributed by atoms with E-state index in [-0.39, 0.29) is 22.7 Å². The molecular formula is C26H23N3O7S. The van der Waals surface area contributed by atoms with Crippen LogP contribution in [-0.4, -0.2) is 47.2 Å². The van der Waals surface area contributed by atoms with Crippen LogP contribution >= 0.6 is 0 Å². The molecule has 0 radical (unpaired) electrons. The number of nitrogen functional groups attached to an aromatic ring is 1. The maximum atomic E-state index is 13.2. The number of aromatic hydroxyl groups is 1. The molecule has 0 spiro atoms. The Labute approximate surface area is 212 Å². The van der Waals surface area contributed by atoms with Crippen molar-refractivity contribution in [1.82, 2.24) is 0 Å². The third-order valence-corrected chi connectivity index (χ3v) is 5.14. The predicted octanol–water partition coefficient (Wildman–Crippen LogP) is 3.95. The van der Waals surface area contributed by atoms with Crippen molar-refractivity contribution in [2.75, 3.05) is 11.6 Å². The van der Waals surface area contributed by atoms with Crippen LogP contribution in [0.15, 0.2) is 78.9 Å². The van der Waals surface area contributed by atoms with Crippen LogP contribution < -0.4 is 11.1 Å². The lowest BCUT2D eigenvalue weighted by Crippen LogP contribution is -2.15. The minimum absolute atomic E-state index is 0.0309. The number of phenols is 1. The Hall–Kier alpha value is -4.74. The molecule has 0 bridgehead atoms. The summed E-state index contributed by atoms with van der Waals surface area (Å²) in [6, 6.07) is 21.1. The van der Waals surface area contributed by atoms with Crippen LogP contribution in [0.25, 0.3) is 21.9 Å². The number of nitrogens with one attached hydrogen (secondary N) is 2. The number of carboxylic acids is 1. The fourth-order valence-corrected chi connectivity index (χ4v) is 3.56. The average molecular weight is 522 g/mol. The molecule has 0 saturated carbocycles. The number of nitrogens with two attached hydrogens (primary N) is 1. The molecule has 4 rings (SSSR count). The molecule has 11 heteroatoms. The SMILES string of the molecule is CS(=O)(=O)O.N=C(N)c1ccc(NC(=O)c2cc3cccc(O)c3cc2-c2ccccc2C(=O)O)cc1. The minimum atomic E-state index is -3.67. The molecule has 1 amide bonds. The molecule has 190 valence electrons. The zero-order valence-corrected chi connectivity index (χ0v) is 20.3. The Kier molecular flexibility index (Phi) is 7.91. The number of fused-ring (bicyclic) bond motifs is 1. The first-order valence-electron chi connectivity index (χ1n) is 10.6. The number of phenolic OH excluding ortho intramolecular Hbond substituents is 1. The summed E-state index contributed by atoms with van der Waals surface area (Å²) < 4.78 is 25.9. The van der Waals surface area contributed by atoms with Gasteiger partial charge in [0.25, 0.3) is 16.0 Å². The van der Waals surface area contributed by atoms with E-state index in [2.05, 4.69) is 5.32 Å². The Morgan fingerprint density at radius 1 is 0.892 bits per heavy atom. The lowest BCUT2D eigenvalue weighted by molar-refractivity contribution is 0.0697. The first-order valence-corrected chi connectivity index (χ1v) is 12.5. The van der Waals surface area contributed by atoms with Crippen molar-refractivity contribution in [2.45, 2.75) is 0 Å². The number of carbonyl (C=O) groups excluding carboxylic acids is 1. The molecule has 4 aromatic carbocycles. The summed E-state index contributed by atoms with van der Waals surface area (Å²) in [6.45, 7) is 0. The van der Waals surface area contributed by atoms with Gasteiger partial charge in [0.2, 0.25) is 0 Å². The highest BCUT2D eigenvalue weighted by Crippen LogP contribution is 2.35. The van der Waals surface area contributed by atoms with Crippen LogP contribution in [0.1, 0.15) is 26.3 Å². The Morgan fingerprint density at radius 3 is 2.11 bits per heavy atom. The maximum Gasteiger partial charge on any atom is 0.336 e. The summed E-state index contributed by atoms with van der Waals surface area (Å²) >= 11 is 0. The van der Waals surface area contributed by atoms with E-state index in [4.69, 9.17) is 15.7 Å².